The fourth-order valence-electron chi connectivity index (χ4n) is 5.12. The monoisotopic (exact) mass is 559 g/mol. The minimum absolute atomic E-state index is 0.0746. The van der Waals surface area contributed by atoms with E-state index in [9.17, 15) is 14.7 Å². The summed E-state index contributed by atoms with van der Waals surface area (Å²) in [6, 6.07) is 3.60. The number of anilines is 1. The van der Waals surface area contributed by atoms with Crippen molar-refractivity contribution in [3.05, 3.63) is 45.9 Å². The first kappa shape index (κ1) is 29.4. The van der Waals surface area contributed by atoms with Gasteiger partial charge in [0.05, 0.1) is 10.6 Å². The molecule has 0 aliphatic heterocycles. The smallest absolute Gasteiger partial charge is 0.348 e. The van der Waals surface area contributed by atoms with Gasteiger partial charge in [0, 0.05) is 29.8 Å². The maximum atomic E-state index is 13.8. The molecule has 1 amide bonds. The summed E-state index contributed by atoms with van der Waals surface area (Å²) >= 11 is 1.10. The number of rotatable bonds is 5. The minimum atomic E-state index is -1.07. The van der Waals surface area contributed by atoms with Gasteiger partial charge in [0.25, 0.3) is 0 Å². The van der Waals surface area contributed by atoms with Crippen molar-refractivity contribution < 1.29 is 19.4 Å². The van der Waals surface area contributed by atoms with E-state index in [4.69, 9.17) is 4.74 Å². The fourth-order valence-corrected chi connectivity index (χ4v) is 5.96. The predicted molar refractivity (Wildman–Crippen MR) is 157 cm³/mol. The zero-order valence-corrected chi connectivity index (χ0v) is 24.7. The summed E-state index contributed by atoms with van der Waals surface area (Å²) in [4.78, 5) is 36.8. The summed E-state index contributed by atoms with van der Waals surface area (Å²) in [5, 5.41) is 10.1. The summed E-state index contributed by atoms with van der Waals surface area (Å²) in [6.07, 6.45) is 9.85. The number of aromatic carboxylic acids is 1. The normalized spacial score (nSPS) is 22.6. The summed E-state index contributed by atoms with van der Waals surface area (Å²) in [7, 11) is 0. The van der Waals surface area contributed by atoms with Crippen LogP contribution in [0.2, 0.25) is 0 Å². The van der Waals surface area contributed by atoms with E-state index in [2.05, 4.69) is 53.6 Å². The SMILES string of the molecule is CC1=CCC(C#CC(=O)N(c2cc(C#CC(C)(C)C)sc2C(=O)O)C2CCC(Oc3ncccn3)CC2)C(C)C1. The van der Waals surface area contributed by atoms with Crippen molar-refractivity contribution in [3.63, 3.8) is 0 Å². The average molecular weight is 560 g/mol. The molecule has 0 saturated heterocycles. The number of carbonyl (C=O) groups excluding carboxylic acids is 1. The van der Waals surface area contributed by atoms with Gasteiger partial charge in [-0.2, -0.15) is 0 Å². The first-order chi connectivity index (χ1) is 19.0. The Morgan fingerprint density at radius 1 is 1.15 bits per heavy atom. The van der Waals surface area contributed by atoms with Crippen molar-refractivity contribution in [2.45, 2.75) is 85.3 Å². The number of carboxylic acid groups (broad SMARTS) is 1. The number of allylic oxidation sites excluding steroid dienone is 2. The molecule has 1 fully saturated rings. The molecule has 2 heterocycles. The van der Waals surface area contributed by atoms with Crippen LogP contribution < -0.4 is 9.64 Å². The number of hydrogen-bond acceptors (Lipinski definition) is 6. The van der Waals surface area contributed by atoms with Gasteiger partial charge >= 0.3 is 17.9 Å². The average Bonchev–Trinajstić information content (AvgIpc) is 3.33. The van der Waals surface area contributed by atoms with Gasteiger partial charge in [0.15, 0.2) is 0 Å². The number of ether oxygens (including phenoxy) is 1. The van der Waals surface area contributed by atoms with Crippen LogP contribution in [0.25, 0.3) is 0 Å². The highest BCUT2D eigenvalue weighted by Gasteiger charge is 2.34. The van der Waals surface area contributed by atoms with Crippen LogP contribution >= 0.6 is 11.3 Å². The molecular weight excluding hydrogens is 522 g/mol. The third kappa shape index (κ3) is 7.73. The highest BCUT2D eigenvalue weighted by molar-refractivity contribution is 7.15. The van der Waals surface area contributed by atoms with E-state index in [1.54, 1.807) is 29.4 Å². The van der Waals surface area contributed by atoms with Gasteiger partial charge in [-0.05, 0) is 90.2 Å². The minimum Gasteiger partial charge on any atom is -0.477 e. The van der Waals surface area contributed by atoms with Crippen molar-refractivity contribution in [1.29, 1.82) is 0 Å². The first-order valence-corrected chi connectivity index (χ1v) is 14.7. The topological polar surface area (TPSA) is 92.6 Å². The molecule has 2 atom stereocenters. The van der Waals surface area contributed by atoms with Gasteiger partial charge < -0.3 is 9.84 Å². The molecule has 40 heavy (non-hydrogen) atoms. The third-order valence-electron chi connectivity index (χ3n) is 7.18. The number of nitrogens with zero attached hydrogens (tertiary/aromatic N) is 3. The molecule has 2 aromatic rings. The van der Waals surface area contributed by atoms with Gasteiger partial charge in [-0.15, -0.1) is 11.3 Å². The largest absolute Gasteiger partial charge is 0.477 e. The van der Waals surface area contributed by atoms with E-state index in [1.165, 1.54) is 5.57 Å². The third-order valence-corrected chi connectivity index (χ3v) is 8.21. The van der Waals surface area contributed by atoms with Crippen LogP contribution in [0.15, 0.2) is 36.2 Å². The van der Waals surface area contributed by atoms with Gasteiger partial charge in [-0.3, -0.25) is 9.69 Å². The molecule has 2 aliphatic rings. The lowest BCUT2D eigenvalue weighted by atomic mass is 9.81. The maximum Gasteiger partial charge on any atom is 0.348 e. The second kappa shape index (κ2) is 12.7. The molecule has 1 saturated carbocycles. The Morgan fingerprint density at radius 3 is 2.48 bits per heavy atom. The molecular formula is C32H37N3O4S. The Kier molecular flexibility index (Phi) is 9.32. The van der Waals surface area contributed by atoms with Gasteiger partial charge in [0.2, 0.25) is 0 Å². The highest BCUT2D eigenvalue weighted by atomic mass is 32.1. The van der Waals surface area contributed by atoms with E-state index >= 15 is 0 Å². The molecule has 210 valence electrons. The lowest BCUT2D eigenvalue weighted by molar-refractivity contribution is -0.114. The molecule has 8 heteroatoms. The summed E-state index contributed by atoms with van der Waals surface area (Å²) in [5.74, 6) is 11.4. The van der Waals surface area contributed by atoms with Crippen LogP contribution in [-0.4, -0.2) is 39.1 Å². The molecule has 4 rings (SSSR count). The second-order valence-electron chi connectivity index (χ2n) is 11.7. The van der Waals surface area contributed by atoms with E-state index in [0.717, 1.165) is 24.2 Å². The quantitative estimate of drug-likeness (QED) is 0.339. The maximum absolute atomic E-state index is 13.8. The molecule has 0 aromatic carbocycles. The van der Waals surface area contributed by atoms with Crippen molar-refractivity contribution in [2.75, 3.05) is 4.90 Å². The predicted octanol–water partition coefficient (Wildman–Crippen LogP) is 6.35. The molecule has 2 aromatic heterocycles. The Labute approximate surface area is 241 Å². The van der Waals surface area contributed by atoms with Crippen molar-refractivity contribution in [2.24, 2.45) is 17.3 Å². The number of thiophene rings is 1. The van der Waals surface area contributed by atoms with Gasteiger partial charge in [-0.25, -0.2) is 14.8 Å². The van der Waals surface area contributed by atoms with Crippen LogP contribution in [-0.2, 0) is 4.79 Å². The van der Waals surface area contributed by atoms with Crippen LogP contribution in [0.5, 0.6) is 6.01 Å². The zero-order chi connectivity index (χ0) is 28.9. The molecule has 2 aliphatic carbocycles. The van der Waals surface area contributed by atoms with E-state index in [-0.39, 0.29) is 34.3 Å². The molecule has 0 radical (unpaired) electrons. The van der Waals surface area contributed by atoms with Crippen molar-refractivity contribution in [3.8, 4) is 29.7 Å². The van der Waals surface area contributed by atoms with E-state index < -0.39 is 5.97 Å². The number of hydrogen-bond donors (Lipinski definition) is 1. The molecule has 0 bridgehead atoms. The molecule has 2 unspecified atom stereocenters. The summed E-state index contributed by atoms with van der Waals surface area (Å²) < 4.78 is 5.96. The van der Waals surface area contributed by atoms with Crippen LogP contribution in [0.4, 0.5) is 5.69 Å². The molecule has 0 spiro atoms. The Morgan fingerprint density at radius 2 is 1.85 bits per heavy atom. The lowest BCUT2D eigenvalue weighted by Crippen LogP contribution is -2.44. The first-order valence-electron chi connectivity index (χ1n) is 13.8. The van der Waals surface area contributed by atoms with Gasteiger partial charge in [0.1, 0.15) is 11.0 Å². The van der Waals surface area contributed by atoms with E-state index in [1.807, 2.05) is 20.8 Å². The molecule has 1 N–H and O–H groups in total. The lowest BCUT2D eigenvalue weighted by Gasteiger charge is -2.35. The van der Waals surface area contributed by atoms with Crippen LogP contribution in [0.1, 0.15) is 87.7 Å². The van der Waals surface area contributed by atoms with Crippen molar-refractivity contribution in [1.82, 2.24) is 9.97 Å². The Bertz CT molecular complexity index is 1380. The van der Waals surface area contributed by atoms with E-state index in [0.29, 0.717) is 48.2 Å². The van der Waals surface area contributed by atoms with Crippen molar-refractivity contribution >= 4 is 28.9 Å². The highest BCUT2D eigenvalue weighted by Crippen LogP contribution is 2.36. The Balaban J connectivity index is 1.63. The van der Waals surface area contributed by atoms with Crippen LogP contribution in [0, 0.1) is 40.9 Å². The fraction of sp³-hybridized carbons (Fsp3) is 0.500. The number of carboxylic acids is 1. The summed E-state index contributed by atoms with van der Waals surface area (Å²) in [5.41, 5.74) is 1.49. The summed E-state index contributed by atoms with van der Waals surface area (Å²) in [6.45, 7) is 10.3. The number of aromatic nitrogens is 2. The number of amides is 1. The zero-order valence-electron chi connectivity index (χ0n) is 23.9. The second-order valence-corrected chi connectivity index (χ2v) is 12.8. The standard InChI is InChI=1S/C32H37N3O4S/c1-21-7-8-23(22(2)19-21)9-14-28(36)35(24-10-12-25(13-11-24)39-31-33-17-6-18-34-31)27-20-26(15-16-32(3,4)5)40-29(27)30(37)38/h6-7,17-18,20,22-25H,8,10-13,19H2,1-5H3,(H,37,38). The number of carbonyl (C=O) groups is 2. The Hall–Kier alpha value is -3.62. The van der Waals surface area contributed by atoms with Gasteiger partial charge in [-0.1, -0.05) is 36.3 Å². The molecule has 7 nitrogen and oxygen atoms in total. The van der Waals surface area contributed by atoms with Crippen LogP contribution in [0.3, 0.4) is 0 Å².